The molecule has 0 unspecified atom stereocenters. The zero-order valence-electron chi connectivity index (χ0n) is 8.23. The van der Waals surface area contributed by atoms with Crippen LogP contribution in [-0.4, -0.2) is 54.1 Å². The maximum Gasteiger partial charge on any atom is 0.242 e. The lowest BCUT2D eigenvalue weighted by Gasteiger charge is -2.32. The normalized spacial score (nSPS) is 17.5. The van der Waals surface area contributed by atoms with Gasteiger partial charge in [0.15, 0.2) is 0 Å². The van der Waals surface area contributed by atoms with Crippen molar-refractivity contribution in [2.45, 2.75) is 13.3 Å². The molecule has 5 nitrogen and oxygen atoms in total. The highest BCUT2D eigenvalue weighted by Crippen LogP contribution is 2.04. The number of amides is 2. The molecule has 14 heavy (non-hydrogen) atoms. The molecule has 0 aromatic heterocycles. The van der Waals surface area contributed by atoms with E-state index in [1.54, 1.807) is 0 Å². The quantitative estimate of drug-likeness (QED) is 0.559. The van der Waals surface area contributed by atoms with Crippen LogP contribution in [0.3, 0.4) is 0 Å². The second-order valence-electron chi connectivity index (χ2n) is 3.18. The van der Waals surface area contributed by atoms with Gasteiger partial charge in [0.2, 0.25) is 11.8 Å². The van der Waals surface area contributed by atoms with Crippen LogP contribution in [0, 0.1) is 0 Å². The Bertz CT molecular complexity index is 252. The molecule has 0 spiro atoms. The van der Waals surface area contributed by atoms with Crippen LogP contribution in [-0.2, 0) is 14.4 Å². The Morgan fingerprint density at radius 3 is 2.36 bits per heavy atom. The molecule has 1 aliphatic rings. The molecule has 1 fully saturated rings. The van der Waals surface area contributed by atoms with Gasteiger partial charge in [-0.1, -0.05) is 0 Å². The third kappa shape index (κ3) is 2.31. The summed E-state index contributed by atoms with van der Waals surface area (Å²) < 4.78 is 0. The van der Waals surface area contributed by atoms with Crippen LogP contribution in [0.5, 0.6) is 0 Å². The number of piperazine rings is 1. The summed E-state index contributed by atoms with van der Waals surface area (Å²) in [5.41, 5.74) is 0. The van der Waals surface area contributed by atoms with Crippen molar-refractivity contribution in [2.24, 2.45) is 0 Å². The molecule has 1 aliphatic heterocycles. The first kappa shape index (κ1) is 10.7. The molecule has 1 heterocycles. The first-order valence-electron chi connectivity index (χ1n) is 4.68. The number of carbonyl (C=O) groups excluding carboxylic acids is 3. The molecule has 1 rings (SSSR count). The van der Waals surface area contributed by atoms with Gasteiger partial charge in [-0.3, -0.25) is 9.59 Å². The Morgan fingerprint density at radius 2 is 1.79 bits per heavy atom. The Hall–Kier alpha value is -1.39. The molecule has 0 radical (unpaired) electrons. The summed E-state index contributed by atoms with van der Waals surface area (Å²) in [7, 11) is 0. The van der Waals surface area contributed by atoms with E-state index in [1.807, 2.05) is 6.92 Å². The van der Waals surface area contributed by atoms with Gasteiger partial charge in [0.05, 0.1) is 13.1 Å². The summed E-state index contributed by atoms with van der Waals surface area (Å²) >= 11 is 0. The molecule has 78 valence electrons. The summed E-state index contributed by atoms with van der Waals surface area (Å²) in [6, 6.07) is 0. The summed E-state index contributed by atoms with van der Waals surface area (Å²) in [4.78, 5) is 35.9. The van der Waals surface area contributed by atoms with Crippen LogP contribution in [0.25, 0.3) is 0 Å². The highest BCUT2D eigenvalue weighted by Gasteiger charge is 2.27. The second-order valence-corrected chi connectivity index (χ2v) is 3.18. The van der Waals surface area contributed by atoms with Crippen molar-refractivity contribution in [3.05, 3.63) is 0 Å². The minimum Gasteiger partial charge on any atom is -0.332 e. The molecule has 0 aromatic carbocycles. The number of carbonyl (C=O) groups is 3. The van der Waals surface area contributed by atoms with Gasteiger partial charge in [-0.05, 0) is 6.92 Å². The van der Waals surface area contributed by atoms with E-state index in [0.29, 0.717) is 19.5 Å². The summed E-state index contributed by atoms with van der Waals surface area (Å²) in [6.45, 7) is 3.01. The summed E-state index contributed by atoms with van der Waals surface area (Å²) in [5, 5.41) is 0. The van der Waals surface area contributed by atoms with Gasteiger partial charge in [0, 0.05) is 19.5 Å². The number of hydrogen-bond acceptors (Lipinski definition) is 3. The van der Waals surface area contributed by atoms with E-state index in [0.717, 1.165) is 6.29 Å². The van der Waals surface area contributed by atoms with Crippen LogP contribution < -0.4 is 0 Å². The van der Waals surface area contributed by atoms with Crippen molar-refractivity contribution in [2.75, 3.05) is 26.2 Å². The van der Waals surface area contributed by atoms with Crippen molar-refractivity contribution in [3.8, 4) is 0 Å². The number of aldehydes is 1. The number of rotatable bonds is 4. The van der Waals surface area contributed by atoms with E-state index in [-0.39, 0.29) is 24.9 Å². The third-order valence-corrected chi connectivity index (χ3v) is 2.26. The van der Waals surface area contributed by atoms with Gasteiger partial charge < -0.3 is 14.6 Å². The van der Waals surface area contributed by atoms with Crippen LogP contribution in [0.2, 0.25) is 0 Å². The zero-order valence-corrected chi connectivity index (χ0v) is 8.23. The van der Waals surface area contributed by atoms with Gasteiger partial charge in [-0.25, -0.2) is 0 Å². The smallest absolute Gasteiger partial charge is 0.242 e. The Balaban J connectivity index is 2.53. The van der Waals surface area contributed by atoms with Gasteiger partial charge in [-0.15, -0.1) is 0 Å². The Kier molecular flexibility index (Phi) is 3.62. The number of nitrogens with zero attached hydrogens (tertiary/aromatic N) is 2. The lowest BCUT2D eigenvalue weighted by atomic mass is 10.2. The van der Waals surface area contributed by atoms with E-state index in [2.05, 4.69) is 0 Å². The van der Waals surface area contributed by atoms with Crippen LogP contribution in [0.4, 0.5) is 0 Å². The average Bonchev–Trinajstić information content (AvgIpc) is 2.18. The second kappa shape index (κ2) is 4.74. The average molecular weight is 198 g/mol. The van der Waals surface area contributed by atoms with E-state index >= 15 is 0 Å². The van der Waals surface area contributed by atoms with Crippen molar-refractivity contribution >= 4 is 18.1 Å². The fourth-order valence-corrected chi connectivity index (χ4v) is 1.40. The Labute approximate surface area is 82.7 Å². The van der Waals surface area contributed by atoms with Gasteiger partial charge in [-0.2, -0.15) is 0 Å². The minimum atomic E-state index is -0.0756. The molecular weight excluding hydrogens is 184 g/mol. The fraction of sp³-hybridized carbons (Fsp3) is 0.667. The third-order valence-electron chi connectivity index (χ3n) is 2.26. The largest absolute Gasteiger partial charge is 0.332 e. The highest BCUT2D eigenvalue weighted by molar-refractivity contribution is 5.92. The molecule has 0 N–H and O–H groups in total. The van der Waals surface area contributed by atoms with Crippen molar-refractivity contribution in [1.82, 2.24) is 9.80 Å². The maximum atomic E-state index is 11.4. The zero-order chi connectivity index (χ0) is 10.6. The minimum absolute atomic E-state index is 0.0435. The number of hydrogen-bond donors (Lipinski definition) is 0. The molecule has 1 saturated heterocycles. The summed E-state index contributed by atoms with van der Waals surface area (Å²) in [6.07, 6.45) is 1.05. The summed E-state index contributed by atoms with van der Waals surface area (Å²) in [5.74, 6) is -0.119. The van der Waals surface area contributed by atoms with Gasteiger partial charge >= 0.3 is 0 Å². The van der Waals surface area contributed by atoms with Crippen molar-refractivity contribution < 1.29 is 14.4 Å². The van der Waals surface area contributed by atoms with Crippen LogP contribution >= 0.6 is 0 Å². The topological polar surface area (TPSA) is 57.7 Å². The SMILES string of the molecule is CCN1CC(=O)N(CCC=O)CC1=O. The van der Waals surface area contributed by atoms with Gasteiger partial charge in [0.25, 0.3) is 0 Å². The Morgan fingerprint density at radius 1 is 1.21 bits per heavy atom. The van der Waals surface area contributed by atoms with E-state index in [9.17, 15) is 14.4 Å². The van der Waals surface area contributed by atoms with Crippen LogP contribution in [0.15, 0.2) is 0 Å². The monoisotopic (exact) mass is 198 g/mol. The first-order valence-corrected chi connectivity index (χ1v) is 4.68. The lowest BCUT2D eigenvalue weighted by Crippen LogP contribution is -2.53. The van der Waals surface area contributed by atoms with Gasteiger partial charge in [0.1, 0.15) is 6.29 Å². The fourth-order valence-electron chi connectivity index (χ4n) is 1.40. The predicted molar refractivity (Wildman–Crippen MR) is 49.5 cm³/mol. The highest BCUT2D eigenvalue weighted by atomic mass is 16.2. The molecule has 5 heteroatoms. The standard InChI is InChI=1S/C9H14N2O3/c1-2-10-6-9(14)11(4-3-5-12)7-8(10)13/h5H,2-4,6-7H2,1H3. The molecule has 2 amide bonds. The molecule has 0 aliphatic carbocycles. The molecular formula is C9H14N2O3. The van der Waals surface area contributed by atoms with E-state index in [4.69, 9.17) is 0 Å². The molecule has 0 atom stereocenters. The van der Waals surface area contributed by atoms with E-state index in [1.165, 1.54) is 9.80 Å². The van der Waals surface area contributed by atoms with E-state index < -0.39 is 0 Å². The molecule has 0 bridgehead atoms. The number of likely N-dealkylation sites (N-methyl/N-ethyl adjacent to an activating group) is 1. The molecule has 0 aromatic rings. The van der Waals surface area contributed by atoms with Crippen molar-refractivity contribution in [3.63, 3.8) is 0 Å². The first-order chi connectivity index (χ1) is 6.69. The molecule has 0 saturated carbocycles. The van der Waals surface area contributed by atoms with Crippen molar-refractivity contribution in [1.29, 1.82) is 0 Å². The van der Waals surface area contributed by atoms with Crippen LogP contribution in [0.1, 0.15) is 13.3 Å². The maximum absolute atomic E-state index is 11.4. The lowest BCUT2D eigenvalue weighted by molar-refractivity contribution is -0.150. The predicted octanol–water partition coefficient (Wildman–Crippen LogP) is -0.734.